The molecule has 5 nitrogen and oxygen atoms in total. The summed E-state index contributed by atoms with van der Waals surface area (Å²) in [7, 11) is 0. The summed E-state index contributed by atoms with van der Waals surface area (Å²) in [6, 6.07) is 11.5. The highest BCUT2D eigenvalue weighted by molar-refractivity contribution is 6.32. The maximum atomic E-state index is 10.8. The minimum Gasteiger partial charge on any atom is -0.506 e. The van der Waals surface area contributed by atoms with Crippen molar-refractivity contribution in [2.24, 2.45) is 0 Å². The van der Waals surface area contributed by atoms with E-state index >= 15 is 0 Å². The third-order valence-electron chi connectivity index (χ3n) is 3.21. The number of hydrogen-bond donors (Lipinski definition) is 2. The van der Waals surface area contributed by atoms with Gasteiger partial charge in [-0.2, -0.15) is 0 Å². The normalized spacial score (nSPS) is 12.1. The first-order chi connectivity index (χ1) is 9.97. The maximum Gasteiger partial charge on any atom is 0.269 e. The van der Waals surface area contributed by atoms with Crippen LogP contribution in [0, 0.1) is 10.1 Å². The van der Waals surface area contributed by atoms with Crippen LogP contribution in [0.4, 0.5) is 5.69 Å². The number of halogens is 1. The van der Waals surface area contributed by atoms with Gasteiger partial charge >= 0.3 is 0 Å². The Morgan fingerprint density at radius 2 is 2.10 bits per heavy atom. The molecule has 0 spiro atoms. The molecule has 0 fully saturated rings. The van der Waals surface area contributed by atoms with Gasteiger partial charge in [-0.25, -0.2) is 0 Å². The van der Waals surface area contributed by atoms with Crippen LogP contribution in [-0.2, 0) is 6.54 Å². The molecule has 2 aromatic rings. The molecule has 0 heterocycles. The van der Waals surface area contributed by atoms with Crippen molar-refractivity contribution in [1.29, 1.82) is 0 Å². The molecule has 2 aromatic carbocycles. The SMILES string of the molecule is CC(NCc1ccc(O)c(Cl)c1)c1cccc([N+](=O)[O-])c1. The second-order valence-corrected chi connectivity index (χ2v) is 5.15. The van der Waals surface area contributed by atoms with Gasteiger partial charge < -0.3 is 10.4 Å². The molecule has 6 heteroatoms. The lowest BCUT2D eigenvalue weighted by atomic mass is 10.1. The van der Waals surface area contributed by atoms with Gasteiger partial charge in [-0.3, -0.25) is 10.1 Å². The van der Waals surface area contributed by atoms with E-state index in [0.29, 0.717) is 11.6 Å². The number of hydrogen-bond acceptors (Lipinski definition) is 4. The summed E-state index contributed by atoms with van der Waals surface area (Å²) in [5.41, 5.74) is 1.85. The Morgan fingerprint density at radius 3 is 2.76 bits per heavy atom. The second-order valence-electron chi connectivity index (χ2n) is 4.74. The van der Waals surface area contributed by atoms with Crippen LogP contribution in [0.2, 0.25) is 5.02 Å². The molecule has 0 saturated heterocycles. The summed E-state index contributed by atoms with van der Waals surface area (Å²) in [4.78, 5) is 10.4. The average molecular weight is 307 g/mol. The molecule has 0 radical (unpaired) electrons. The van der Waals surface area contributed by atoms with Crippen LogP contribution in [0.25, 0.3) is 0 Å². The number of aromatic hydroxyl groups is 1. The molecule has 110 valence electrons. The highest BCUT2D eigenvalue weighted by atomic mass is 35.5. The monoisotopic (exact) mass is 306 g/mol. The van der Waals surface area contributed by atoms with E-state index < -0.39 is 4.92 Å². The number of nitro benzene ring substituents is 1. The number of phenols is 1. The Kier molecular flexibility index (Phi) is 4.77. The smallest absolute Gasteiger partial charge is 0.269 e. The molecule has 0 aromatic heterocycles. The zero-order chi connectivity index (χ0) is 15.4. The Labute approximate surface area is 127 Å². The number of benzene rings is 2. The van der Waals surface area contributed by atoms with Crippen LogP contribution in [0.15, 0.2) is 42.5 Å². The fourth-order valence-electron chi connectivity index (χ4n) is 1.96. The standard InChI is InChI=1S/C15H15ClN2O3/c1-10(12-3-2-4-13(8-12)18(20)21)17-9-11-5-6-15(19)14(16)7-11/h2-8,10,17,19H,9H2,1H3. The number of rotatable bonds is 5. The number of non-ortho nitro benzene ring substituents is 1. The topological polar surface area (TPSA) is 75.4 Å². The maximum absolute atomic E-state index is 10.8. The zero-order valence-corrected chi connectivity index (χ0v) is 12.2. The summed E-state index contributed by atoms with van der Waals surface area (Å²) in [5, 5.41) is 23.7. The van der Waals surface area contributed by atoms with Crippen LogP contribution >= 0.6 is 11.6 Å². The molecule has 1 unspecified atom stereocenters. The molecular formula is C15H15ClN2O3. The van der Waals surface area contributed by atoms with Gasteiger partial charge in [0, 0.05) is 24.7 Å². The van der Waals surface area contributed by atoms with E-state index in [1.165, 1.54) is 12.1 Å². The van der Waals surface area contributed by atoms with Crippen molar-refractivity contribution in [3.05, 3.63) is 68.7 Å². The first-order valence-electron chi connectivity index (χ1n) is 6.42. The molecule has 2 rings (SSSR count). The molecule has 0 bridgehead atoms. The summed E-state index contributed by atoms with van der Waals surface area (Å²) < 4.78 is 0. The van der Waals surface area contributed by atoms with E-state index in [0.717, 1.165) is 11.1 Å². The van der Waals surface area contributed by atoms with Crippen molar-refractivity contribution in [2.75, 3.05) is 0 Å². The third kappa shape index (κ3) is 3.93. The van der Waals surface area contributed by atoms with E-state index in [1.54, 1.807) is 24.3 Å². The van der Waals surface area contributed by atoms with Gasteiger partial charge in [-0.05, 0) is 30.2 Å². The van der Waals surface area contributed by atoms with Crippen molar-refractivity contribution in [1.82, 2.24) is 5.32 Å². The highest BCUT2D eigenvalue weighted by Crippen LogP contribution is 2.24. The van der Waals surface area contributed by atoms with Gasteiger partial charge in [0.2, 0.25) is 0 Å². The number of nitro groups is 1. The summed E-state index contributed by atoms with van der Waals surface area (Å²) in [6.45, 7) is 2.48. The van der Waals surface area contributed by atoms with Gasteiger partial charge in [0.25, 0.3) is 5.69 Å². The number of nitrogens with zero attached hydrogens (tertiary/aromatic N) is 1. The van der Waals surface area contributed by atoms with E-state index in [1.807, 2.05) is 13.0 Å². The Morgan fingerprint density at radius 1 is 1.33 bits per heavy atom. The van der Waals surface area contributed by atoms with Gasteiger partial charge in [-0.1, -0.05) is 29.8 Å². The number of phenolic OH excluding ortho intramolecular Hbond substituents is 1. The summed E-state index contributed by atoms with van der Waals surface area (Å²) >= 11 is 5.85. The third-order valence-corrected chi connectivity index (χ3v) is 3.51. The highest BCUT2D eigenvalue weighted by Gasteiger charge is 2.10. The Bertz CT molecular complexity index is 661. The van der Waals surface area contributed by atoms with Crippen molar-refractivity contribution in [3.63, 3.8) is 0 Å². The molecule has 2 N–H and O–H groups in total. The molecule has 0 aliphatic carbocycles. The molecule has 0 amide bonds. The van der Waals surface area contributed by atoms with Gasteiger partial charge in [-0.15, -0.1) is 0 Å². The van der Waals surface area contributed by atoms with Crippen molar-refractivity contribution >= 4 is 17.3 Å². The fraction of sp³-hybridized carbons (Fsp3) is 0.200. The Balaban J connectivity index is 2.04. The van der Waals surface area contributed by atoms with Crippen molar-refractivity contribution < 1.29 is 10.0 Å². The lowest BCUT2D eigenvalue weighted by molar-refractivity contribution is -0.384. The van der Waals surface area contributed by atoms with Gasteiger partial charge in [0.05, 0.1) is 9.95 Å². The Hall–Kier alpha value is -2.11. The van der Waals surface area contributed by atoms with E-state index in [-0.39, 0.29) is 17.5 Å². The molecule has 0 saturated carbocycles. The quantitative estimate of drug-likeness (QED) is 0.650. The van der Waals surface area contributed by atoms with Crippen LogP contribution in [0.5, 0.6) is 5.75 Å². The minimum absolute atomic E-state index is 0.0440. The summed E-state index contributed by atoms with van der Waals surface area (Å²) in [5.74, 6) is 0.0483. The van der Waals surface area contributed by atoms with Crippen LogP contribution in [0.3, 0.4) is 0 Å². The lowest BCUT2D eigenvalue weighted by Gasteiger charge is -2.14. The predicted molar refractivity (Wildman–Crippen MR) is 81.5 cm³/mol. The molecule has 0 aliphatic rings. The van der Waals surface area contributed by atoms with Gasteiger partial charge in [0.1, 0.15) is 5.75 Å². The molecule has 0 aliphatic heterocycles. The fourth-order valence-corrected chi connectivity index (χ4v) is 2.16. The van der Waals surface area contributed by atoms with E-state index in [9.17, 15) is 15.2 Å². The first-order valence-corrected chi connectivity index (χ1v) is 6.80. The minimum atomic E-state index is -0.407. The lowest BCUT2D eigenvalue weighted by Crippen LogP contribution is -2.18. The van der Waals surface area contributed by atoms with Crippen LogP contribution in [0.1, 0.15) is 24.1 Å². The number of nitrogens with one attached hydrogen (secondary N) is 1. The average Bonchev–Trinajstić information content (AvgIpc) is 2.48. The van der Waals surface area contributed by atoms with Gasteiger partial charge in [0.15, 0.2) is 0 Å². The summed E-state index contributed by atoms with van der Waals surface area (Å²) in [6.07, 6.45) is 0. The molecular weight excluding hydrogens is 292 g/mol. The zero-order valence-electron chi connectivity index (χ0n) is 11.4. The first kappa shape index (κ1) is 15.3. The largest absolute Gasteiger partial charge is 0.506 e. The predicted octanol–water partition coefficient (Wildman–Crippen LogP) is 3.80. The van der Waals surface area contributed by atoms with Crippen molar-refractivity contribution in [2.45, 2.75) is 19.5 Å². The van der Waals surface area contributed by atoms with Crippen molar-refractivity contribution in [3.8, 4) is 5.75 Å². The second kappa shape index (κ2) is 6.56. The van der Waals surface area contributed by atoms with Crippen LogP contribution in [-0.4, -0.2) is 10.0 Å². The molecule has 21 heavy (non-hydrogen) atoms. The van der Waals surface area contributed by atoms with E-state index in [4.69, 9.17) is 11.6 Å². The van der Waals surface area contributed by atoms with E-state index in [2.05, 4.69) is 5.32 Å². The van der Waals surface area contributed by atoms with Crippen LogP contribution < -0.4 is 5.32 Å². The molecule has 1 atom stereocenters.